The Kier molecular flexibility index (Phi) is 2.47. The summed E-state index contributed by atoms with van der Waals surface area (Å²) in [7, 11) is 6.22. The van der Waals surface area contributed by atoms with Crippen molar-refractivity contribution in [3.8, 4) is 0 Å². The fourth-order valence-corrected chi connectivity index (χ4v) is 1.13. The van der Waals surface area contributed by atoms with E-state index in [0.29, 0.717) is 4.48 Å². The van der Waals surface area contributed by atoms with E-state index in [1.54, 1.807) is 0 Å². The van der Waals surface area contributed by atoms with Gasteiger partial charge in [-0.3, -0.25) is 4.48 Å². The van der Waals surface area contributed by atoms with Crippen molar-refractivity contribution in [3.63, 3.8) is 0 Å². The summed E-state index contributed by atoms with van der Waals surface area (Å²) in [6.07, 6.45) is -0.0991. The third-order valence-electron chi connectivity index (χ3n) is 1.87. The Morgan fingerprint density at radius 2 is 1.50 bits per heavy atom. The maximum absolute atomic E-state index is 5.61. The molecule has 0 aromatic carbocycles. The number of nitrogens with zero attached hydrogens (tertiary/aromatic N) is 1. The molecule has 3 heteroatoms. The zero-order valence-corrected chi connectivity index (χ0v) is 8.76. The molecule has 0 atom stereocenters. The molecule has 1 fully saturated rings. The Bertz CT molecular complexity index is 150. The zero-order chi connectivity index (χ0) is 9.41. The summed E-state index contributed by atoms with van der Waals surface area (Å²) in [5.41, 5.74) is 0.172. The van der Waals surface area contributed by atoms with Crippen molar-refractivity contribution in [2.24, 2.45) is 5.41 Å². The largest absolute Gasteiger partial charge is 0.308 e. The molecule has 12 heavy (non-hydrogen) atoms. The molecule has 1 aliphatic rings. The first-order valence-corrected chi connectivity index (χ1v) is 4.36. The molecule has 0 aliphatic carbocycles. The first-order valence-electron chi connectivity index (χ1n) is 4.36. The first kappa shape index (κ1) is 9.96. The second kappa shape index (κ2) is 2.98. The van der Waals surface area contributed by atoms with Gasteiger partial charge in [0.05, 0.1) is 34.4 Å². The van der Waals surface area contributed by atoms with Crippen molar-refractivity contribution in [2.75, 3.05) is 34.4 Å². The number of hydrogen-bond donors (Lipinski definition) is 0. The molecule has 3 nitrogen and oxygen atoms in total. The van der Waals surface area contributed by atoms with Crippen molar-refractivity contribution < 1.29 is 14.0 Å². The molecule has 0 spiro atoms. The third kappa shape index (κ3) is 2.44. The monoisotopic (exact) mass is 174 g/mol. The van der Waals surface area contributed by atoms with Crippen LogP contribution in [0.3, 0.4) is 0 Å². The molecular weight excluding hydrogens is 154 g/mol. The summed E-state index contributed by atoms with van der Waals surface area (Å²) in [4.78, 5) is 0. The minimum absolute atomic E-state index is 0.0991. The molecular formula is C9H20NO2+. The van der Waals surface area contributed by atoms with Gasteiger partial charge in [0, 0.05) is 5.41 Å². The van der Waals surface area contributed by atoms with Crippen LogP contribution in [-0.4, -0.2) is 45.3 Å². The molecule has 0 saturated carbocycles. The minimum Gasteiger partial charge on any atom is -0.305 e. The summed E-state index contributed by atoms with van der Waals surface area (Å²) in [5.74, 6) is 0. The standard InChI is InChI=1S/C9H20NO2/c1-9(2)6-11-8(12-7-9)10(3,4)5/h8H,6-7H2,1-5H3/q+1. The molecule has 0 N–H and O–H groups in total. The van der Waals surface area contributed by atoms with E-state index < -0.39 is 0 Å². The molecule has 0 radical (unpaired) electrons. The molecule has 0 bridgehead atoms. The van der Waals surface area contributed by atoms with Crippen LogP contribution in [0, 0.1) is 5.41 Å². The average molecular weight is 174 g/mol. The van der Waals surface area contributed by atoms with E-state index in [1.807, 2.05) is 0 Å². The lowest BCUT2D eigenvalue weighted by atomic mass is 9.96. The van der Waals surface area contributed by atoms with Crippen LogP contribution in [0.2, 0.25) is 0 Å². The Morgan fingerprint density at radius 3 is 1.83 bits per heavy atom. The summed E-state index contributed by atoms with van der Waals surface area (Å²) >= 11 is 0. The van der Waals surface area contributed by atoms with E-state index in [1.165, 1.54) is 0 Å². The highest BCUT2D eigenvalue weighted by Crippen LogP contribution is 2.25. The molecule has 1 saturated heterocycles. The van der Waals surface area contributed by atoms with Crippen LogP contribution >= 0.6 is 0 Å². The normalized spacial score (nSPS) is 25.8. The molecule has 1 heterocycles. The molecule has 1 rings (SSSR count). The lowest BCUT2D eigenvalue weighted by Gasteiger charge is -2.40. The van der Waals surface area contributed by atoms with Gasteiger partial charge in [0.2, 0.25) is 0 Å². The van der Waals surface area contributed by atoms with Gasteiger partial charge in [-0.05, 0) is 0 Å². The summed E-state index contributed by atoms with van der Waals surface area (Å²) in [5, 5.41) is 0. The smallest absolute Gasteiger partial charge is 0.305 e. The zero-order valence-electron chi connectivity index (χ0n) is 8.76. The van der Waals surface area contributed by atoms with Gasteiger partial charge in [-0.1, -0.05) is 13.8 Å². The minimum atomic E-state index is -0.0991. The maximum atomic E-state index is 5.61. The quantitative estimate of drug-likeness (QED) is 0.553. The van der Waals surface area contributed by atoms with Gasteiger partial charge in [0.1, 0.15) is 0 Å². The number of ether oxygens (including phenoxy) is 2. The van der Waals surface area contributed by atoms with Gasteiger partial charge in [-0.15, -0.1) is 0 Å². The second-order valence-electron chi connectivity index (χ2n) is 5.21. The average Bonchev–Trinajstić information content (AvgIpc) is 1.83. The van der Waals surface area contributed by atoms with E-state index in [9.17, 15) is 0 Å². The maximum Gasteiger partial charge on any atom is 0.308 e. The van der Waals surface area contributed by atoms with Gasteiger partial charge in [-0.25, -0.2) is 0 Å². The summed E-state index contributed by atoms with van der Waals surface area (Å²) in [6.45, 7) is 5.87. The Balaban J connectivity index is 2.47. The molecule has 1 aliphatic heterocycles. The Labute approximate surface area is 74.8 Å². The summed E-state index contributed by atoms with van der Waals surface area (Å²) < 4.78 is 11.9. The van der Waals surface area contributed by atoms with Crippen LogP contribution in [-0.2, 0) is 9.47 Å². The van der Waals surface area contributed by atoms with Gasteiger partial charge in [-0.2, -0.15) is 0 Å². The molecule has 72 valence electrons. The molecule has 0 aromatic rings. The van der Waals surface area contributed by atoms with Gasteiger partial charge < -0.3 is 9.47 Å². The molecule has 0 amide bonds. The SMILES string of the molecule is CC1(C)COC([N+](C)(C)C)OC1. The van der Waals surface area contributed by atoms with Crippen LogP contribution in [0.15, 0.2) is 0 Å². The second-order valence-corrected chi connectivity index (χ2v) is 5.21. The Morgan fingerprint density at radius 1 is 1.08 bits per heavy atom. The predicted octanol–water partition coefficient (Wildman–Crippen LogP) is 1.05. The number of quaternary nitrogens is 1. The highest BCUT2D eigenvalue weighted by atomic mass is 16.7. The topological polar surface area (TPSA) is 18.5 Å². The van der Waals surface area contributed by atoms with E-state index >= 15 is 0 Å². The van der Waals surface area contributed by atoms with Crippen LogP contribution in [0.5, 0.6) is 0 Å². The highest BCUT2D eigenvalue weighted by Gasteiger charge is 2.35. The van der Waals surface area contributed by atoms with Crippen molar-refractivity contribution in [1.82, 2.24) is 0 Å². The van der Waals surface area contributed by atoms with Crippen LogP contribution in [0.25, 0.3) is 0 Å². The van der Waals surface area contributed by atoms with E-state index in [0.717, 1.165) is 13.2 Å². The van der Waals surface area contributed by atoms with E-state index in [-0.39, 0.29) is 11.8 Å². The lowest BCUT2D eigenvalue weighted by Crippen LogP contribution is -2.53. The Hall–Kier alpha value is -0.120. The summed E-state index contributed by atoms with van der Waals surface area (Å²) in [6, 6.07) is 0. The highest BCUT2D eigenvalue weighted by molar-refractivity contribution is 4.69. The number of rotatable bonds is 1. The van der Waals surface area contributed by atoms with Crippen LogP contribution in [0.4, 0.5) is 0 Å². The van der Waals surface area contributed by atoms with Gasteiger partial charge >= 0.3 is 6.41 Å². The van der Waals surface area contributed by atoms with Crippen molar-refractivity contribution in [1.29, 1.82) is 0 Å². The molecule has 0 unspecified atom stereocenters. The van der Waals surface area contributed by atoms with Gasteiger partial charge in [0.15, 0.2) is 0 Å². The van der Waals surface area contributed by atoms with E-state index in [2.05, 4.69) is 35.0 Å². The van der Waals surface area contributed by atoms with Crippen LogP contribution < -0.4 is 0 Å². The third-order valence-corrected chi connectivity index (χ3v) is 1.87. The van der Waals surface area contributed by atoms with Crippen LogP contribution in [0.1, 0.15) is 13.8 Å². The number of hydrogen-bond acceptors (Lipinski definition) is 2. The first-order chi connectivity index (χ1) is 5.31. The van der Waals surface area contributed by atoms with Gasteiger partial charge in [0.25, 0.3) is 0 Å². The van der Waals surface area contributed by atoms with Crippen molar-refractivity contribution >= 4 is 0 Å². The fourth-order valence-electron chi connectivity index (χ4n) is 1.13. The molecule has 0 aromatic heterocycles. The van der Waals surface area contributed by atoms with Crippen molar-refractivity contribution in [3.05, 3.63) is 0 Å². The lowest BCUT2D eigenvalue weighted by molar-refractivity contribution is -0.948. The van der Waals surface area contributed by atoms with E-state index in [4.69, 9.17) is 9.47 Å². The predicted molar refractivity (Wildman–Crippen MR) is 47.5 cm³/mol. The van der Waals surface area contributed by atoms with Crippen molar-refractivity contribution in [2.45, 2.75) is 20.3 Å². The fraction of sp³-hybridized carbons (Fsp3) is 1.00.